The van der Waals surface area contributed by atoms with Crippen LogP contribution in [0.2, 0.25) is 0 Å². The number of aryl methyl sites for hydroxylation is 2. The van der Waals surface area contributed by atoms with Crippen LogP contribution < -0.4 is 0 Å². The van der Waals surface area contributed by atoms with Gasteiger partial charge in [-0.2, -0.15) is 10.2 Å². The molecule has 2 unspecified atom stereocenters. The van der Waals surface area contributed by atoms with Gasteiger partial charge in [0.15, 0.2) is 0 Å². The number of hydrogen-bond acceptors (Lipinski definition) is 4. The van der Waals surface area contributed by atoms with Crippen LogP contribution in [0.4, 0.5) is 0 Å². The molecule has 22 heavy (non-hydrogen) atoms. The fraction of sp³-hybridized carbons (Fsp3) is 0.500. The van der Waals surface area contributed by atoms with Crippen molar-refractivity contribution in [2.75, 3.05) is 0 Å². The van der Waals surface area contributed by atoms with Crippen molar-refractivity contribution in [1.29, 1.82) is 0 Å². The first-order valence-electron chi connectivity index (χ1n) is 7.76. The van der Waals surface area contributed by atoms with Crippen LogP contribution in [0.25, 0.3) is 0 Å². The Morgan fingerprint density at radius 1 is 0.909 bits per heavy atom. The molecular formula is C16H22N6. The van der Waals surface area contributed by atoms with E-state index in [1.165, 1.54) is 12.8 Å². The summed E-state index contributed by atoms with van der Waals surface area (Å²) in [6, 6.07) is 4.43. The topological polar surface area (TPSA) is 60.4 Å². The second-order valence-corrected chi connectivity index (χ2v) is 5.80. The van der Waals surface area contributed by atoms with E-state index < -0.39 is 0 Å². The first kappa shape index (κ1) is 14.7. The third kappa shape index (κ3) is 3.69. The molecule has 2 aromatic rings. The van der Waals surface area contributed by atoms with E-state index in [0.29, 0.717) is 0 Å². The Kier molecular flexibility index (Phi) is 4.46. The zero-order valence-corrected chi connectivity index (χ0v) is 13.1. The van der Waals surface area contributed by atoms with Crippen molar-refractivity contribution < 1.29 is 0 Å². The molecule has 6 nitrogen and oxygen atoms in total. The lowest BCUT2D eigenvalue weighted by atomic mass is 9.91. The van der Waals surface area contributed by atoms with Gasteiger partial charge in [-0.05, 0) is 25.0 Å². The van der Waals surface area contributed by atoms with Gasteiger partial charge in [-0.1, -0.05) is 12.8 Å². The first-order valence-corrected chi connectivity index (χ1v) is 7.76. The van der Waals surface area contributed by atoms with E-state index in [0.717, 1.165) is 24.2 Å². The van der Waals surface area contributed by atoms with E-state index >= 15 is 0 Å². The smallest absolute Gasteiger partial charge is 0.103 e. The molecule has 1 aliphatic carbocycles. The van der Waals surface area contributed by atoms with Gasteiger partial charge in [0, 0.05) is 38.9 Å². The molecule has 0 spiro atoms. The van der Waals surface area contributed by atoms with Gasteiger partial charge in [0.1, 0.15) is 11.4 Å². The summed E-state index contributed by atoms with van der Waals surface area (Å²) in [5, 5.41) is 8.67. The summed E-state index contributed by atoms with van der Waals surface area (Å²) in [7, 11) is 3.83. The van der Waals surface area contributed by atoms with Crippen LogP contribution in [0.1, 0.15) is 37.1 Å². The Labute approximate surface area is 130 Å². The van der Waals surface area contributed by atoms with Crippen LogP contribution in [-0.2, 0) is 14.1 Å². The lowest BCUT2D eigenvalue weighted by molar-refractivity contribution is 0.390. The molecule has 0 saturated heterocycles. The van der Waals surface area contributed by atoms with Gasteiger partial charge >= 0.3 is 0 Å². The molecule has 0 radical (unpaired) electrons. The highest BCUT2D eigenvalue weighted by molar-refractivity contribution is 5.77. The predicted octanol–water partition coefficient (Wildman–Crippen LogP) is 2.00. The van der Waals surface area contributed by atoms with Crippen LogP contribution in [0.15, 0.2) is 34.5 Å². The summed E-state index contributed by atoms with van der Waals surface area (Å²) in [6.45, 7) is 0. The molecular weight excluding hydrogens is 276 g/mol. The number of rotatable bonds is 4. The summed E-state index contributed by atoms with van der Waals surface area (Å²) in [6.07, 6.45) is 12.2. The molecule has 6 heteroatoms. The maximum absolute atomic E-state index is 4.73. The van der Waals surface area contributed by atoms with Crippen molar-refractivity contribution in [3.05, 3.63) is 35.9 Å². The number of aliphatic imine (C=N–C) groups is 2. The van der Waals surface area contributed by atoms with Gasteiger partial charge in [0.25, 0.3) is 0 Å². The third-order valence-electron chi connectivity index (χ3n) is 3.96. The molecule has 0 aromatic carbocycles. The zero-order valence-electron chi connectivity index (χ0n) is 13.1. The van der Waals surface area contributed by atoms with Crippen LogP contribution in [0.5, 0.6) is 0 Å². The van der Waals surface area contributed by atoms with E-state index in [-0.39, 0.29) is 12.1 Å². The van der Waals surface area contributed by atoms with Crippen LogP contribution in [-0.4, -0.2) is 44.1 Å². The molecule has 1 aliphatic rings. The second kappa shape index (κ2) is 6.68. The van der Waals surface area contributed by atoms with Gasteiger partial charge < -0.3 is 0 Å². The standard InChI is InChI=1S/C16H22N6/c1-21-9-7-13(19-21)11-17-15-5-3-4-6-16(15)18-12-14-8-10-22(2)20-14/h7-12,15-16H,3-6H2,1-2H3/b17-11+,18-12+. The molecule has 0 amide bonds. The highest BCUT2D eigenvalue weighted by atomic mass is 15.3. The molecule has 0 bridgehead atoms. The molecule has 2 aromatic heterocycles. The van der Waals surface area contributed by atoms with Gasteiger partial charge in [0.2, 0.25) is 0 Å². The fourth-order valence-corrected chi connectivity index (χ4v) is 2.79. The summed E-state index contributed by atoms with van der Waals surface area (Å²) < 4.78 is 3.58. The largest absolute Gasteiger partial charge is 0.285 e. The number of hydrogen-bond donors (Lipinski definition) is 0. The minimum atomic E-state index is 0.246. The molecule has 1 fully saturated rings. The molecule has 116 valence electrons. The van der Waals surface area contributed by atoms with E-state index in [1.54, 1.807) is 9.36 Å². The first-order chi connectivity index (χ1) is 10.7. The fourth-order valence-electron chi connectivity index (χ4n) is 2.79. The SMILES string of the molecule is Cn1ccc(/C=N/C2CCCCC2/N=C/c2ccn(C)n2)n1. The average Bonchev–Trinajstić information content (AvgIpc) is 3.12. The van der Waals surface area contributed by atoms with Gasteiger partial charge in [-0.3, -0.25) is 19.3 Å². The van der Waals surface area contributed by atoms with Crippen molar-refractivity contribution in [3.63, 3.8) is 0 Å². The van der Waals surface area contributed by atoms with Gasteiger partial charge in [-0.15, -0.1) is 0 Å². The lowest BCUT2D eigenvalue weighted by Gasteiger charge is -2.25. The zero-order chi connectivity index (χ0) is 15.4. The van der Waals surface area contributed by atoms with Crippen molar-refractivity contribution in [1.82, 2.24) is 19.6 Å². The minimum absolute atomic E-state index is 0.246. The molecule has 0 N–H and O–H groups in total. The van der Waals surface area contributed by atoms with E-state index in [1.807, 2.05) is 51.1 Å². The maximum atomic E-state index is 4.73. The Morgan fingerprint density at radius 2 is 1.36 bits per heavy atom. The second-order valence-electron chi connectivity index (χ2n) is 5.80. The average molecular weight is 298 g/mol. The highest BCUT2D eigenvalue weighted by Gasteiger charge is 2.23. The molecule has 2 atom stereocenters. The summed E-state index contributed by atoms with van der Waals surface area (Å²) >= 11 is 0. The van der Waals surface area contributed by atoms with Crippen molar-refractivity contribution in [3.8, 4) is 0 Å². The van der Waals surface area contributed by atoms with E-state index in [9.17, 15) is 0 Å². The van der Waals surface area contributed by atoms with Crippen molar-refractivity contribution in [2.24, 2.45) is 24.1 Å². The van der Waals surface area contributed by atoms with Crippen LogP contribution in [0, 0.1) is 0 Å². The molecule has 0 aliphatic heterocycles. The molecule has 2 heterocycles. The number of aromatic nitrogens is 4. The molecule has 3 rings (SSSR count). The predicted molar refractivity (Wildman–Crippen MR) is 87.6 cm³/mol. The summed E-state index contributed by atoms with van der Waals surface area (Å²) in [5.41, 5.74) is 1.81. The van der Waals surface area contributed by atoms with E-state index in [2.05, 4.69) is 10.2 Å². The highest BCUT2D eigenvalue weighted by Crippen LogP contribution is 2.23. The molecule has 1 saturated carbocycles. The Morgan fingerprint density at radius 3 is 1.73 bits per heavy atom. The maximum Gasteiger partial charge on any atom is 0.103 e. The quantitative estimate of drug-likeness (QED) is 0.811. The van der Waals surface area contributed by atoms with E-state index in [4.69, 9.17) is 9.98 Å². The lowest BCUT2D eigenvalue weighted by Crippen LogP contribution is -2.27. The minimum Gasteiger partial charge on any atom is -0.285 e. The summed E-state index contributed by atoms with van der Waals surface area (Å²) in [5.74, 6) is 0. The normalized spacial score (nSPS) is 22.8. The Hall–Kier alpha value is -2.24. The van der Waals surface area contributed by atoms with Crippen molar-refractivity contribution in [2.45, 2.75) is 37.8 Å². The van der Waals surface area contributed by atoms with Crippen LogP contribution in [0.3, 0.4) is 0 Å². The Bertz CT molecular complexity index is 607. The Balaban J connectivity index is 1.68. The summed E-state index contributed by atoms with van der Waals surface area (Å²) in [4.78, 5) is 9.45. The van der Waals surface area contributed by atoms with Crippen molar-refractivity contribution >= 4 is 12.4 Å². The monoisotopic (exact) mass is 298 g/mol. The van der Waals surface area contributed by atoms with Crippen LogP contribution >= 0.6 is 0 Å². The number of nitrogens with zero attached hydrogens (tertiary/aromatic N) is 6. The van der Waals surface area contributed by atoms with Gasteiger partial charge in [-0.25, -0.2) is 0 Å². The third-order valence-corrected chi connectivity index (χ3v) is 3.96. The van der Waals surface area contributed by atoms with Gasteiger partial charge in [0.05, 0.1) is 12.1 Å².